The van der Waals surface area contributed by atoms with Crippen molar-refractivity contribution in [2.75, 3.05) is 13.7 Å². The molecule has 0 aromatic heterocycles. The number of esters is 1. The first-order valence-electron chi connectivity index (χ1n) is 8.30. The minimum atomic E-state index is -0.550. The zero-order valence-electron chi connectivity index (χ0n) is 14.8. The number of nitrogens with zero attached hydrogens (tertiary/aromatic N) is 1. The SMILES string of the molecule is CCCOc1c(Cl)cc(/C=C2\N=C(c3cccc(Cl)c3)OC2=O)cc1OC. The van der Waals surface area contributed by atoms with E-state index in [1.165, 1.54) is 7.11 Å². The zero-order valence-corrected chi connectivity index (χ0v) is 16.3. The van der Waals surface area contributed by atoms with Gasteiger partial charge in [-0.25, -0.2) is 9.79 Å². The second-order valence-corrected chi connectivity index (χ2v) is 6.57. The molecule has 2 aromatic carbocycles. The first-order chi connectivity index (χ1) is 13.0. The summed E-state index contributed by atoms with van der Waals surface area (Å²) in [6, 6.07) is 10.3. The average molecular weight is 406 g/mol. The summed E-state index contributed by atoms with van der Waals surface area (Å²) < 4.78 is 16.2. The van der Waals surface area contributed by atoms with Gasteiger partial charge in [0.2, 0.25) is 5.90 Å². The highest BCUT2D eigenvalue weighted by atomic mass is 35.5. The van der Waals surface area contributed by atoms with E-state index in [0.29, 0.717) is 39.3 Å². The Labute approximate surface area is 167 Å². The molecule has 0 atom stereocenters. The number of cyclic esters (lactones) is 1. The van der Waals surface area contributed by atoms with Gasteiger partial charge in [-0.15, -0.1) is 0 Å². The Morgan fingerprint density at radius 3 is 2.74 bits per heavy atom. The minimum absolute atomic E-state index is 0.158. The van der Waals surface area contributed by atoms with Crippen LogP contribution in [0.2, 0.25) is 10.0 Å². The van der Waals surface area contributed by atoms with Gasteiger partial charge >= 0.3 is 5.97 Å². The van der Waals surface area contributed by atoms with E-state index in [1.54, 1.807) is 42.5 Å². The van der Waals surface area contributed by atoms with E-state index in [0.717, 1.165) is 6.42 Å². The molecule has 2 aromatic rings. The monoisotopic (exact) mass is 405 g/mol. The van der Waals surface area contributed by atoms with E-state index < -0.39 is 5.97 Å². The highest BCUT2D eigenvalue weighted by Crippen LogP contribution is 2.37. The van der Waals surface area contributed by atoms with E-state index in [1.807, 2.05) is 6.92 Å². The fourth-order valence-electron chi connectivity index (χ4n) is 2.48. The Kier molecular flexibility index (Phi) is 6.04. The van der Waals surface area contributed by atoms with Crippen molar-refractivity contribution < 1.29 is 19.0 Å². The summed E-state index contributed by atoms with van der Waals surface area (Å²) in [6.45, 7) is 2.52. The number of carbonyl (C=O) groups is 1. The van der Waals surface area contributed by atoms with Gasteiger partial charge in [0.05, 0.1) is 18.7 Å². The van der Waals surface area contributed by atoms with Crippen LogP contribution in [0.3, 0.4) is 0 Å². The van der Waals surface area contributed by atoms with Gasteiger partial charge in [0.15, 0.2) is 17.2 Å². The fraction of sp³-hybridized carbons (Fsp3) is 0.200. The van der Waals surface area contributed by atoms with Crippen molar-refractivity contribution in [3.05, 3.63) is 63.3 Å². The van der Waals surface area contributed by atoms with Crippen molar-refractivity contribution in [3.8, 4) is 11.5 Å². The van der Waals surface area contributed by atoms with Crippen molar-refractivity contribution in [3.63, 3.8) is 0 Å². The smallest absolute Gasteiger partial charge is 0.363 e. The van der Waals surface area contributed by atoms with Gasteiger partial charge < -0.3 is 14.2 Å². The Morgan fingerprint density at radius 1 is 1.22 bits per heavy atom. The number of benzene rings is 2. The molecule has 1 aliphatic heterocycles. The van der Waals surface area contributed by atoms with E-state index in [4.69, 9.17) is 37.4 Å². The van der Waals surface area contributed by atoms with Crippen molar-refractivity contribution >= 4 is 41.1 Å². The number of carbonyl (C=O) groups excluding carboxylic acids is 1. The minimum Gasteiger partial charge on any atom is -0.493 e. The first-order valence-corrected chi connectivity index (χ1v) is 9.06. The number of aliphatic imine (C=N–C) groups is 1. The summed E-state index contributed by atoms with van der Waals surface area (Å²) in [7, 11) is 1.53. The molecule has 0 bridgehead atoms. The lowest BCUT2D eigenvalue weighted by Gasteiger charge is -2.12. The second-order valence-electron chi connectivity index (χ2n) is 5.73. The van der Waals surface area contributed by atoms with Crippen LogP contribution in [-0.4, -0.2) is 25.6 Å². The van der Waals surface area contributed by atoms with E-state index >= 15 is 0 Å². The van der Waals surface area contributed by atoms with E-state index in [-0.39, 0.29) is 11.6 Å². The zero-order chi connectivity index (χ0) is 19.4. The normalized spacial score (nSPS) is 14.9. The molecule has 27 heavy (non-hydrogen) atoms. The van der Waals surface area contributed by atoms with Gasteiger partial charge in [-0.05, 0) is 48.4 Å². The summed E-state index contributed by atoms with van der Waals surface area (Å²) >= 11 is 12.3. The molecule has 0 amide bonds. The molecular formula is C20H17Cl2NO4. The van der Waals surface area contributed by atoms with Crippen molar-refractivity contribution in [2.24, 2.45) is 4.99 Å². The van der Waals surface area contributed by atoms with Crippen LogP contribution in [0, 0.1) is 0 Å². The van der Waals surface area contributed by atoms with Crippen LogP contribution in [-0.2, 0) is 9.53 Å². The predicted octanol–water partition coefficient (Wildman–Crippen LogP) is 5.14. The summed E-state index contributed by atoms with van der Waals surface area (Å²) in [5, 5.41) is 0.919. The maximum atomic E-state index is 12.2. The number of halogens is 2. The number of methoxy groups -OCH3 is 1. The third-order valence-electron chi connectivity index (χ3n) is 3.70. The van der Waals surface area contributed by atoms with Crippen molar-refractivity contribution in [1.29, 1.82) is 0 Å². The summed E-state index contributed by atoms with van der Waals surface area (Å²) in [5.41, 5.74) is 1.42. The molecule has 0 aliphatic carbocycles. The summed E-state index contributed by atoms with van der Waals surface area (Å²) in [5.74, 6) is 0.606. The van der Waals surface area contributed by atoms with Gasteiger partial charge in [-0.2, -0.15) is 0 Å². The molecular weight excluding hydrogens is 389 g/mol. The maximum Gasteiger partial charge on any atom is 0.363 e. The van der Waals surface area contributed by atoms with E-state index in [2.05, 4.69) is 4.99 Å². The lowest BCUT2D eigenvalue weighted by atomic mass is 10.1. The van der Waals surface area contributed by atoms with Crippen LogP contribution in [0.4, 0.5) is 0 Å². The van der Waals surface area contributed by atoms with Crippen LogP contribution in [0.1, 0.15) is 24.5 Å². The molecule has 0 radical (unpaired) electrons. The topological polar surface area (TPSA) is 57.1 Å². The third-order valence-corrected chi connectivity index (χ3v) is 4.21. The Morgan fingerprint density at radius 2 is 2.04 bits per heavy atom. The lowest BCUT2D eigenvalue weighted by molar-refractivity contribution is -0.129. The number of hydrogen-bond acceptors (Lipinski definition) is 5. The van der Waals surface area contributed by atoms with Crippen LogP contribution in [0.15, 0.2) is 47.1 Å². The Balaban J connectivity index is 1.94. The van der Waals surface area contributed by atoms with Crippen LogP contribution in [0.25, 0.3) is 6.08 Å². The fourth-order valence-corrected chi connectivity index (χ4v) is 2.94. The Hall–Kier alpha value is -2.50. The number of hydrogen-bond donors (Lipinski definition) is 0. The highest BCUT2D eigenvalue weighted by molar-refractivity contribution is 6.32. The molecule has 140 valence electrons. The predicted molar refractivity (Wildman–Crippen MR) is 106 cm³/mol. The molecule has 0 unspecified atom stereocenters. The largest absolute Gasteiger partial charge is 0.493 e. The molecule has 3 rings (SSSR count). The number of ether oxygens (including phenoxy) is 3. The standard InChI is InChI=1S/C20H17Cl2NO4/c1-3-7-26-18-15(22)8-12(10-17(18)25-2)9-16-20(24)27-19(23-16)13-5-4-6-14(21)11-13/h4-6,8-11H,3,7H2,1-2H3/b16-9-. The first kappa shape index (κ1) is 19.3. The van der Waals surface area contributed by atoms with Gasteiger partial charge in [0.25, 0.3) is 0 Å². The number of rotatable bonds is 6. The van der Waals surface area contributed by atoms with E-state index in [9.17, 15) is 4.79 Å². The van der Waals surface area contributed by atoms with Crippen LogP contribution >= 0.6 is 23.2 Å². The highest BCUT2D eigenvalue weighted by Gasteiger charge is 2.24. The molecule has 1 heterocycles. The van der Waals surface area contributed by atoms with Gasteiger partial charge in [0, 0.05) is 10.6 Å². The van der Waals surface area contributed by atoms with Crippen molar-refractivity contribution in [1.82, 2.24) is 0 Å². The lowest BCUT2D eigenvalue weighted by Crippen LogP contribution is -2.05. The molecule has 0 fully saturated rings. The molecule has 0 saturated carbocycles. The average Bonchev–Trinajstić information content (AvgIpc) is 3.01. The molecule has 5 nitrogen and oxygen atoms in total. The molecule has 0 N–H and O–H groups in total. The summed E-state index contributed by atoms with van der Waals surface area (Å²) in [4.78, 5) is 16.4. The maximum absolute atomic E-state index is 12.2. The Bertz CT molecular complexity index is 938. The van der Waals surface area contributed by atoms with Gasteiger partial charge in [-0.3, -0.25) is 0 Å². The van der Waals surface area contributed by atoms with Crippen LogP contribution < -0.4 is 9.47 Å². The quantitative estimate of drug-likeness (QED) is 0.493. The van der Waals surface area contributed by atoms with Gasteiger partial charge in [0.1, 0.15) is 0 Å². The van der Waals surface area contributed by atoms with Crippen molar-refractivity contribution in [2.45, 2.75) is 13.3 Å². The second kappa shape index (κ2) is 8.46. The molecule has 7 heteroatoms. The summed E-state index contributed by atoms with van der Waals surface area (Å²) in [6.07, 6.45) is 2.43. The molecule has 0 saturated heterocycles. The van der Waals surface area contributed by atoms with Gasteiger partial charge in [-0.1, -0.05) is 36.2 Å². The third kappa shape index (κ3) is 4.43. The van der Waals surface area contributed by atoms with Crippen LogP contribution in [0.5, 0.6) is 11.5 Å². The molecule has 0 spiro atoms. The molecule has 1 aliphatic rings.